The van der Waals surface area contributed by atoms with Crippen molar-refractivity contribution in [2.45, 2.75) is 40.2 Å². The molecule has 0 spiro atoms. The Morgan fingerprint density at radius 3 is 2.76 bits per heavy atom. The molecule has 3 rings (SSSR count). The fraction of sp³-hybridized carbons (Fsp3) is 0.500. The summed E-state index contributed by atoms with van der Waals surface area (Å²) in [6.07, 6.45) is 4.23. The molecule has 0 aromatic carbocycles. The van der Waals surface area contributed by atoms with E-state index in [2.05, 4.69) is 46.2 Å². The smallest absolute Gasteiger partial charge is 0.223 e. The van der Waals surface area contributed by atoms with Crippen molar-refractivity contribution in [1.82, 2.24) is 14.9 Å². The summed E-state index contributed by atoms with van der Waals surface area (Å²) >= 11 is 1.56. The number of hydrogen-bond acceptors (Lipinski definition) is 5. The van der Waals surface area contributed by atoms with Crippen molar-refractivity contribution >= 4 is 35.9 Å². The van der Waals surface area contributed by atoms with Crippen molar-refractivity contribution in [2.75, 3.05) is 18.4 Å². The molecule has 1 amide bonds. The maximum absolute atomic E-state index is 11.1. The van der Waals surface area contributed by atoms with E-state index in [9.17, 15) is 4.79 Å². The first-order chi connectivity index (χ1) is 11.5. The van der Waals surface area contributed by atoms with Crippen LogP contribution >= 0.6 is 24.8 Å². The molecule has 1 saturated heterocycles. The number of aryl methyl sites for hydroxylation is 2. The molecule has 1 aliphatic rings. The summed E-state index contributed by atoms with van der Waals surface area (Å²) in [7, 11) is 0. The summed E-state index contributed by atoms with van der Waals surface area (Å²) in [6.45, 7) is 8.80. The SMILES string of the molecule is CC(=O)Nc1ncc(CN2CCC(Cc3cc(C)nc(C)c3)C2)s1.S. The Morgan fingerprint density at radius 2 is 2.08 bits per heavy atom. The van der Waals surface area contributed by atoms with Gasteiger partial charge in [-0.15, -0.1) is 11.3 Å². The second-order valence-corrected chi connectivity index (χ2v) is 7.78. The highest BCUT2D eigenvalue weighted by Gasteiger charge is 2.23. The Labute approximate surface area is 160 Å². The van der Waals surface area contributed by atoms with Crippen molar-refractivity contribution in [3.8, 4) is 0 Å². The normalized spacial score (nSPS) is 17.3. The van der Waals surface area contributed by atoms with E-state index in [-0.39, 0.29) is 19.4 Å². The summed E-state index contributed by atoms with van der Waals surface area (Å²) in [5, 5.41) is 3.44. The summed E-state index contributed by atoms with van der Waals surface area (Å²) in [4.78, 5) is 23.5. The van der Waals surface area contributed by atoms with E-state index in [1.165, 1.54) is 23.8 Å². The number of pyridine rings is 1. The predicted molar refractivity (Wildman–Crippen MR) is 108 cm³/mol. The highest BCUT2D eigenvalue weighted by atomic mass is 32.1. The number of rotatable bonds is 5. The lowest BCUT2D eigenvalue weighted by molar-refractivity contribution is -0.114. The van der Waals surface area contributed by atoms with Crippen LogP contribution in [0.25, 0.3) is 0 Å². The topological polar surface area (TPSA) is 58.1 Å². The van der Waals surface area contributed by atoms with Crippen molar-refractivity contribution in [1.29, 1.82) is 0 Å². The van der Waals surface area contributed by atoms with Crippen LogP contribution in [0.4, 0.5) is 5.13 Å². The molecule has 1 N–H and O–H groups in total. The molecule has 0 aliphatic carbocycles. The molecule has 0 radical (unpaired) electrons. The van der Waals surface area contributed by atoms with Crippen LogP contribution < -0.4 is 5.32 Å². The molecule has 7 heteroatoms. The van der Waals surface area contributed by atoms with Crippen molar-refractivity contribution in [3.63, 3.8) is 0 Å². The number of nitrogens with one attached hydrogen (secondary N) is 1. The van der Waals surface area contributed by atoms with E-state index in [0.717, 1.165) is 37.4 Å². The Bertz CT molecular complexity index is 711. The van der Waals surface area contributed by atoms with Crippen LogP contribution in [0.1, 0.15) is 35.2 Å². The van der Waals surface area contributed by atoms with Gasteiger partial charge in [-0.1, -0.05) is 0 Å². The first-order valence-corrected chi connectivity index (χ1v) is 9.18. The number of nitrogens with zero attached hydrogens (tertiary/aromatic N) is 3. The molecule has 5 nitrogen and oxygen atoms in total. The Hall–Kier alpha value is -1.44. The van der Waals surface area contributed by atoms with Crippen LogP contribution in [0.2, 0.25) is 0 Å². The summed E-state index contributed by atoms with van der Waals surface area (Å²) < 4.78 is 0. The summed E-state index contributed by atoms with van der Waals surface area (Å²) in [5.41, 5.74) is 3.61. The monoisotopic (exact) mass is 378 g/mol. The van der Waals surface area contributed by atoms with E-state index < -0.39 is 0 Å². The minimum atomic E-state index is -0.0694. The number of carbonyl (C=O) groups excluding carboxylic acids is 1. The third kappa shape index (κ3) is 5.80. The second kappa shape index (κ2) is 8.78. The highest BCUT2D eigenvalue weighted by molar-refractivity contribution is 7.59. The molecular formula is C18H26N4OS2. The van der Waals surface area contributed by atoms with E-state index in [0.29, 0.717) is 11.0 Å². The zero-order chi connectivity index (χ0) is 17.1. The van der Waals surface area contributed by atoms with Crippen LogP contribution in [-0.2, 0) is 17.8 Å². The van der Waals surface area contributed by atoms with Gasteiger partial charge in [-0.05, 0) is 56.8 Å². The molecule has 3 heterocycles. The fourth-order valence-corrected chi connectivity index (χ4v) is 4.31. The van der Waals surface area contributed by atoms with Gasteiger partial charge in [0, 0.05) is 42.5 Å². The zero-order valence-corrected chi connectivity index (χ0v) is 16.8. The lowest BCUT2D eigenvalue weighted by Crippen LogP contribution is -2.20. The van der Waals surface area contributed by atoms with Gasteiger partial charge in [-0.3, -0.25) is 14.7 Å². The van der Waals surface area contributed by atoms with Gasteiger partial charge in [0.05, 0.1) is 0 Å². The number of likely N-dealkylation sites (tertiary alicyclic amines) is 1. The molecule has 1 fully saturated rings. The van der Waals surface area contributed by atoms with Gasteiger partial charge in [0.1, 0.15) is 0 Å². The standard InChI is InChI=1S/C18H24N4OS.H2S/c1-12-6-16(7-13(2)20-12)8-15-4-5-22(10-15)11-17-9-19-18(24-17)21-14(3)23;/h6-7,9,15H,4-5,8,10-11H2,1-3H3,(H,19,21,23);1H2. The predicted octanol–water partition coefficient (Wildman–Crippen LogP) is 3.29. The molecule has 25 heavy (non-hydrogen) atoms. The zero-order valence-electron chi connectivity index (χ0n) is 15.0. The van der Waals surface area contributed by atoms with Crippen molar-refractivity contribution < 1.29 is 4.79 Å². The van der Waals surface area contributed by atoms with Crippen molar-refractivity contribution in [3.05, 3.63) is 40.2 Å². The average Bonchev–Trinajstić information content (AvgIpc) is 3.07. The molecule has 0 bridgehead atoms. The van der Waals surface area contributed by atoms with E-state index in [4.69, 9.17) is 0 Å². The number of thiazole rings is 1. The van der Waals surface area contributed by atoms with Gasteiger partial charge in [0.2, 0.25) is 5.91 Å². The lowest BCUT2D eigenvalue weighted by Gasteiger charge is -2.15. The Morgan fingerprint density at radius 1 is 1.36 bits per heavy atom. The van der Waals surface area contributed by atoms with Gasteiger partial charge >= 0.3 is 0 Å². The van der Waals surface area contributed by atoms with E-state index >= 15 is 0 Å². The summed E-state index contributed by atoms with van der Waals surface area (Å²) in [5.74, 6) is 0.633. The highest BCUT2D eigenvalue weighted by Crippen LogP contribution is 2.25. The Balaban J connectivity index is 0.00000225. The number of hydrogen-bond donors (Lipinski definition) is 1. The average molecular weight is 379 g/mol. The maximum atomic E-state index is 11.1. The minimum Gasteiger partial charge on any atom is -0.302 e. The third-order valence-electron chi connectivity index (χ3n) is 4.25. The van der Waals surface area contributed by atoms with Crippen LogP contribution in [0, 0.1) is 19.8 Å². The third-order valence-corrected chi connectivity index (χ3v) is 5.15. The molecule has 0 saturated carbocycles. The van der Waals surface area contributed by atoms with Gasteiger partial charge in [0.25, 0.3) is 0 Å². The molecular weight excluding hydrogens is 352 g/mol. The number of aromatic nitrogens is 2. The molecule has 1 atom stereocenters. The summed E-state index contributed by atoms with van der Waals surface area (Å²) in [6, 6.07) is 4.41. The van der Waals surface area contributed by atoms with Gasteiger partial charge < -0.3 is 5.32 Å². The molecule has 1 unspecified atom stereocenters. The lowest BCUT2D eigenvalue weighted by atomic mass is 9.98. The van der Waals surface area contributed by atoms with Crippen LogP contribution in [0.15, 0.2) is 18.3 Å². The Kier molecular flexibility index (Phi) is 6.98. The maximum Gasteiger partial charge on any atom is 0.223 e. The molecule has 2 aromatic rings. The van der Waals surface area contributed by atoms with Crippen LogP contribution in [0.3, 0.4) is 0 Å². The molecule has 1 aliphatic heterocycles. The number of carbonyl (C=O) groups is 1. The molecule has 136 valence electrons. The van der Waals surface area contributed by atoms with Gasteiger partial charge in [-0.25, -0.2) is 4.98 Å². The van der Waals surface area contributed by atoms with E-state index in [1.807, 2.05) is 6.20 Å². The largest absolute Gasteiger partial charge is 0.302 e. The number of amides is 1. The van der Waals surface area contributed by atoms with Crippen molar-refractivity contribution in [2.24, 2.45) is 5.92 Å². The quantitative estimate of drug-likeness (QED) is 0.867. The fourth-order valence-electron chi connectivity index (χ4n) is 3.40. The first-order valence-electron chi connectivity index (χ1n) is 8.37. The van der Waals surface area contributed by atoms with Gasteiger partial charge in [0.15, 0.2) is 5.13 Å². The first kappa shape index (κ1) is 19.9. The second-order valence-electron chi connectivity index (χ2n) is 6.67. The van der Waals surface area contributed by atoms with Crippen LogP contribution in [0.5, 0.6) is 0 Å². The number of anilines is 1. The minimum absolute atomic E-state index is 0. The molecule has 2 aromatic heterocycles. The van der Waals surface area contributed by atoms with E-state index in [1.54, 1.807) is 11.3 Å². The van der Waals surface area contributed by atoms with Crippen LogP contribution in [-0.4, -0.2) is 33.9 Å². The van der Waals surface area contributed by atoms with Gasteiger partial charge in [-0.2, -0.15) is 13.5 Å².